The van der Waals surface area contributed by atoms with E-state index >= 15 is 0 Å². The van der Waals surface area contributed by atoms with Crippen molar-refractivity contribution in [3.63, 3.8) is 0 Å². The van der Waals surface area contributed by atoms with E-state index in [2.05, 4.69) is 9.55 Å². The molecule has 1 aromatic heterocycles. The number of hydrogen-bond donors (Lipinski definition) is 1. The number of imidazole rings is 1. The molecule has 3 aromatic rings. The first-order valence-corrected chi connectivity index (χ1v) is 8.52. The number of hydrogen-bond acceptors (Lipinski definition) is 5. The maximum absolute atomic E-state index is 5.89. The van der Waals surface area contributed by atoms with Gasteiger partial charge in [0.2, 0.25) is 0 Å². The molecule has 1 aliphatic heterocycles. The molecule has 6 nitrogen and oxygen atoms in total. The highest BCUT2D eigenvalue weighted by atomic mass is 16.6. The molecule has 0 amide bonds. The fourth-order valence-electron chi connectivity index (χ4n) is 3.05. The zero-order valence-electron chi connectivity index (χ0n) is 14.0. The summed E-state index contributed by atoms with van der Waals surface area (Å²) in [5.41, 5.74) is 7.79. The van der Waals surface area contributed by atoms with Crippen LogP contribution in [0.2, 0.25) is 0 Å². The molecule has 2 N–H and O–H groups in total. The molecular formula is C19H21N3O3. The van der Waals surface area contributed by atoms with E-state index in [1.807, 2.05) is 42.5 Å². The van der Waals surface area contributed by atoms with E-state index in [9.17, 15) is 0 Å². The maximum atomic E-state index is 5.89. The lowest BCUT2D eigenvalue weighted by Gasteiger charge is -2.18. The van der Waals surface area contributed by atoms with Crippen molar-refractivity contribution in [2.75, 3.05) is 19.8 Å². The Balaban J connectivity index is 1.51. The largest absolute Gasteiger partial charge is 0.494 e. The zero-order chi connectivity index (χ0) is 17.1. The van der Waals surface area contributed by atoms with Gasteiger partial charge in [0.25, 0.3) is 0 Å². The maximum Gasteiger partial charge on any atom is 0.163 e. The summed E-state index contributed by atoms with van der Waals surface area (Å²) in [6.45, 7) is 2.95. The van der Waals surface area contributed by atoms with E-state index in [1.54, 1.807) is 0 Å². The summed E-state index contributed by atoms with van der Waals surface area (Å²) in [4.78, 5) is 4.64. The quantitative estimate of drug-likeness (QED) is 0.699. The molecule has 0 bridgehead atoms. The highest BCUT2D eigenvalue weighted by Gasteiger charge is 2.17. The molecule has 0 atom stereocenters. The van der Waals surface area contributed by atoms with Crippen LogP contribution in [-0.2, 0) is 13.1 Å². The average Bonchev–Trinajstić information content (AvgIpc) is 3.01. The Morgan fingerprint density at radius 3 is 2.60 bits per heavy atom. The molecule has 25 heavy (non-hydrogen) atoms. The van der Waals surface area contributed by atoms with E-state index in [-0.39, 0.29) is 0 Å². The van der Waals surface area contributed by atoms with E-state index < -0.39 is 0 Å². The van der Waals surface area contributed by atoms with Gasteiger partial charge >= 0.3 is 0 Å². The van der Waals surface area contributed by atoms with Gasteiger partial charge in [0.1, 0.15) is 24.8 Å². The van der Waals surface area contributed by atoms with Crippen LogP contribution in [0.4, 0.5) is 0 Å². The van der Waals surface area contributed by atoms with Crippen LogP contribution in [0, 0.1) is 0 Å². The second kappa shape index (κ2) is 7.03. The number of rotatable bonds is 6. The summed E-state index contributed by atoms with van der Waals surface area (Å²) in [5.74, 6) is 3.26. The van der Waals surface area contributed by atoms with E-state index in [1.165, 1.54) is 0 Å². The minimum Gasteiger partial charge on any atom is -0.494 e. The van der Waals surface area contributed by atoms with Crippen molar-refractivity contribution < 1.29 is 14.2 Å². The molecule has 130 valence electrons. The SMILES string of the molecule is NCc1nc2cc3c(cc2n1CCCOc1ccccc1)OCCO3. The molecule has 0 saturated carbocycles. The van der Waals surface area contributed by atoms with Crippen molar-refractivity contribution in [2.45, 2.75) is 19.5 Å². The third-order valence-electron chi connectivity index (χ3n) is 4.21. The van der Waals surface area contributed by atoms with E-state index in [4.69, 9.17) is 19.9 Å². The predicted molar refractivity (Wildman–Crippen MR) is 95.2 cm³/mol. The topological polar surface area (TPSA) is 71.5 Å². The summed E-state index contributed by atoms with van der Waals surface area (Å²) in [6.07, 6.45) is 0.863. The lowest BCUT2D eigenvalue weighted by molar-refractivity contribution is 0.172. The van der Waals surface area contributed by atoms with Crippen molar-refractivity contribution in [3.05, 3.63) is 48.3 Å². The Bertz CT molecular complexity index is 861. The molecule has 2 aromatic carbocycles. The summed E-state index contributed by atoms with van der Waals surface area (Å²) in [7, 11) is 0. The Morgan fingerprint density at radius 1 is 1.08 bits per heavy atom. The van der Waals surface area contributed by atoms with Gasteiger partial charge in [-0.1, -0.05) is 18.2 Å². The van der Waals surface area contributed by atoms with Crippen molar-refractivity contribution in [1.29, 1.82) is 0 Å². The third-order valence-corrected chi connectivity index (χ3v) is 4.21. The van der Waals surface area contributed by atoms with Gasteiger partial charge in [0.15, 0.2) is 11.5 Å². The van der Waals surface area contributed by atoms with Gasteiger partial charge in [-0.25, -0.2) is 4.98 Å². The van der Waals surface area contributed by atoms with Gasteiger partial charge in [-0.2, -0.15) is 0 Å². The number of ether oxygens (including phenoxy) is 3. The van der Waals surface area contributed by atoms with Gasteiger partial charge < -0.3 is 24.5 Å². The molecule has 0 spiro atoms. The molecule has 2 heterocycles. The fourth-order valence-corrected chi connectivity index (χ4v) is 3.05. The van der Waals surface area contributed by atoms with Crippen molar-refractivity contribution in [3.8, 4) is 17.2 Å². The molecule has 4 rings (SSSR count). The fraction of sp³-hybridized carbons (Fsp3) is 0.316. The summed E-state index contributed by atoms with van der Waals surface area (Å²) >= 11 is 0. The Kier molecular flexibility index (Phi) is 4.43. The van der Waals surface area contributed by atoms with Crippen LogP contribution in [-0.4, -0.2) is 29.4 Å². The summed E-state index contributed by atoms with van der Waals surface area (Å²) in [5, 5.41) is 0. The molecular weight excluding hydrogens is 318 g/mol. The van der Waals surface area contributed by atoms with Crippen molar-refractivity contribution >= 4 is 11.0 Å². The molecule has 0 radical (unpaired) electrons. The number of fused-ring (bicyclic) bond motifs is 2. The van der Waals surface area contributed by atoms with Gasteiger partial charge in [-0.05, 0) is 18.6 Å². The number of aromatic nitrogens is 2. The summed E-state index contributed by atoms with van der Waals surface area (Å²) < 4.78 is 19.2. The first-order chi connectivity index (χ1) is 12.3. The smallest absolute Gasteiger partial charge is 0.163 e. The Hall–Kier alpha value is -2.73. The minimum atomic E-state index is 0.389. The van der Waals surface area contributed by atoms with Crippen molar-refractivity contribution in [1.82, 2.24) is 9.55 Å². The number of aryl methyl sites for hydroxylation is 1. The first-order valence-electron chi connectivity index (χ1n) is 8.52. The standard InChI is InChI=1S/C19H21N3O3/c20-13-19-21-15-11-17-18(25-10-9-24-17)12-16(15)22(19)7-4-8-23-14-5-2-1-3-6-14/h1-3,5-6,11-12H,4,7-10,13,20H2. The van der Waals surface area contributed by atoms with Crippen LogP contribution in [0.15, 0.2) is 42.5 Å². The normalized spacial score (nSPS) is 13.2. The molecule has 0 saturated heterocycles. The number of nitrogens with two attached hydrogens (primary N) is 1. The molecule has 0 unspecified atom stereocenters. The van der Waals surface area contributed by atoms with Crippen LogP contribution in [0.5, 0.6) is 17.2 Å². The molecule has 0 fully saturated rings. The highest BCUT2D eigenvalue weighted by Crippen LogP contribution is 2.34. The lowest BCUT2D eigenvalue weighted by atomic mass is 10.2. The lowest BCUT2D eigenvalue weighted by Crippen LogP contribution is -2.15. The molecule has 0 aliphatic carbocycles. The predicted octanol–water partition coefficient (Wildman–Crippen LogP) is 2.74. The van der Waals surface area contributed by atoms with Crippen LogP contribution in [0.3, 0.4) is 0 Å². The monoisotopic (exact) mass is 339 g/mol. The highest BCUT2D eigenvalue weighted by molar-refractivity contribution is 5.80. The third kappa shape index (κ3) is 3.25. The second-order valence-corrected chi connectivity index (χ2v) is 5.88. The van der Waals surface area contributed by atoms with Crippen LogP contribution in [0.1, 0.15) is 12.2 Å². The average molecular weight is 339 g/mol. The zero-order valence-corrected chi connectivity index (χ0v) is 14.0. The van der Waals surface area contributed by atoms with Gasteiger partial charge in [-0.3, -0.25) is 0 Å². The molecule has 1 aliphatic rings. The molecule has 6 heteroatoms. The Morgan fingerprint density at radius 2 is 1.84 bits per heavy atom. The van der Waals surface area contributed by atoms with E-state index in [0.29, 0.717) is 26.4 Å². The van der Waals surface area contributed by atoms with Crippen molar-refractivity contribution in [2.24, 2.45) is 5.73 Å². The van der Waals surface area contributed by atoms with Gasteiger partial charge in [-0.15, -0.1) is 0 Å². The Labute approximate surface area is 146 Å². The number of benzene rings is 2. The van der Waals surface area contributed by atoms with Crippen LogP contribution < -0.4 is 19.9 Å². The van der Waals surface area contributed by atoms with Crippen LogP contribution >= 0.6 is 0 Å². The van der Waals surface area contributed by atoms with Gasteiger partial charge in [0.05, 0.1) is 24.2 Å². The van der Waals surface area contributed by atoms with Crippen LogP contribution in [0.25, 0.3) is 11.0 Å². The minimum absolute atomic E-state index is 0.389. The summed E-state index contributed by atoms with van der Waals surface area (Å²) in [6, 6.07) is 13.8. The second-order valence-electron chi connectivity index (χ2n) is 5.88. The first kappa shape index (κ1) is 15.8. The number of para-hydroxylation sites is 1. The van der Waals surface area contributed by atoms with E-state index in [0.717, 1.165) is 47.1 Å². The number of nitrogens with zero attached hydrogens (tertiary/aromatic N) is 2. The van der Waals surface area contributed by atoms with Gasteiger partial charge in [0, 0.05) is 18.7 Å².